The predicted molar refractivity (Wildman–Crippen MR) is 75.8 cm³/mol. The highest BCUT2D eigenvalue weighted by molar-refractivity contribution is 7.80. The van der Waals surface area contributed by atoms with Crippen LogP contribution in [0.1, 0.15) is 20.8 Å². The molecule has 0 fully saturated rings. The molecule has 1 unspecified atom stereocenters. The highest BCUT2D eigenvalue weighted by atomic mass is 32.1. The first-order valence-electron chi connectivity index (χ1n) is 5.99. The Morgan fingerprint density at radius 3 is 2.06 bits per heavy atom. The molecular formula is C12H27N3S. The van der Waals surface area contributed by atoms with E-state index in [1.54, 1.807) is 0 Å². The van der Waals surface area contributed by atoms with Crippen molar-refractivity contribution < 1.29 is 0 Å². The lowest BCUT2D eigenvalue weighted by Gasteiger charge is -2.28. The number of thiocarbonyl (C=S) groups is 1. The number of hydrogen-bond donors (Lipinski definition) is 1. The summed E-state index contributed by atoms with van der Waals surface area (Å²) in [5.41, 5.74) is 5.67. The molecule has 0 aliphatic rings. The minimum absolute atomic E-state index is 0.302. The Balaban J connectivity index is 4.14. The van der Waals surface area contributed by atoms with Gasteiger partial charge in [0.25, 0.3) is 0 Å². The van der Waals surface area contributed by atoms with Crippen LogP contribution < -0.4 is 5.73 Å². The van der Waals surface area contributed by atoms with Gasteiger partial charge in [-0.2, -0.15) is 0 Å². The Labute approximate surface area is 106 Å². The molecule has 0 aliphatic heterocycles. The Morgan fingerprint density at radius 1 is 1.12 bits per heavy atom. The van der Waals surface area contributed by atoms with E-state index in [2.05, 4.69) is 44.7 Å². The Kier molecular flexibility index (Phi) is 7.89. The molecule has 0 bridgehead atoms. The monoisotopic (exact) mass is 245 g/mol. The average molecular weight is 245 g/mol. The second-order valence-electron chi connectivity index (χ2n) is 5.26. The zero-order chi connectivity index (χ0) is 12.7. The Hall–Kier alpha value is -0.190. The van der Waals surface area contributed by atoms with Crippen molar-refractivity contribution >= 4 is 17.2 Å². The summed E-state index contributed by atoms with van der Waals surface area (Å²) in [6.07, 6.45) is 0. The lowest BCUT2D eigenvalue weighted by atomic mass is 10.1. The van der Waals surface area contributed by atoms with Gasteiger partial charge in [-0.15, -0.1) is 0 Å². The van der Waals surface area contributed by atoms with Crippen LogP contribution in [0.3, 0.4) is 0 Å². The van der Waals surface area contributed by atoms with Crippen LogP contribution in [0.5, 0.6) is 0 Å². The van der Waals surface area contributed by atoms with Gasteiger partial charge >= 0.3 is 0 Å². The van der Waals surface area contributed by atoms with Gasteiger partial charge in [-0.25, -0.2) is 0 Å². The molecule has 0 saturated carbocycles. The highest BCUT2D eigenvalue weighted by Crippen LogP contribution is 2.04. The van der Waals surface area contributed by atoms with Crippen LogP contribution in [0.25, 0.3) is 0 Å². The molecule has 0 spiro atoms. The van der Waals surface area contributed by atoms with Crippen LogP contribution >= 0.6 is 12.2 Å². The lowest BCUT2D eigenvalue weighted by molar-refractivity contribution is 0.209. The smallest absolute Gasteiger partial charge is 0.0768 e. The van der Waals surface area contributed by atoms with E-state index in [-0.39, 0.29) is 0 Å². The fourth-order valence-electron chi connectivity index (χ4n) is 1.59. The van der Waals surface area contributed by atoms with Gasteiger partial charge in [0, 0.05) is 32.1 Å². The molecule has 1 atom stereocenters. The molecule has 0 aliphatic carbocycles. The van der Waals surface area contributed by atoms with Crippen LogP contribution in [0.4, 0.5) is 0 Å². The van der Waals surface area contributed by atoms with Crippen molar-refractivity contribution in [1.82, 2.24) is 9.80 Å². The van der Waals surface area contributed by atoms with E-state index in [0.29, 0.717) is 16.8 Å². The molecule has 2 N–H and O–H groups in total. The SMILES string of the molecule is CC(C)CN(CCN(C)C)CC(C)C(N)=S. The summed E-state index contributed by atoms with van der Waals surface area (Å²) in [5.74, 6) is 0.983. The molecule has 0 heterocycles. The summed E-state index contributed by atoms with van der Waals surface area (Å²) in [7, 11) is 4.20. The number of hydrogen-bond acceptors (Lipinski definition) is 3. The van der Waals surface area contributed by atoms with Crippen molar-refractivity contribution in [2.45, 2.75) is 20.8 Å². The maximum absolute atomic E-state index is 5.67. The van der Waals surface area contributed by atoms with Gasteiger partial charge in [0.05, 0.1) is 4.99 Å². The first-order chi connectivity index (χ1) is 7.32. The van der Waals surface area contributed by atoms with E-state index in [1.165, 1.54) is 0 Å². The largest absolute Gasteiger partial charge is 0.393 e. The fourth-order valence-corrected chi connectivity index (χ4v) is 1.67. The molecule has 0 radical (unpaired) electrons. The van der Waals surface area contributed by atoms with E-state index in [9.17, 15) is 0 Å². The molecule has 0 aromatic rings. The summed E-state index contributed by atoms with van der Waals surface area (Å²) in [6.45, 7) is 10.8. The third kappa shape index (κ3) is 8.02. The van der Waals surface area contributed by atoms with Crippen molar-refractivity contribution in [3.05, 3.63) is 0 Å². The first kappa shape index (κ1) is 15.8. The molecule has 0 saturated heterocycles. The third-order valence-corrected chi connectivity index (χ3v) is 2.91. The molecule has 0 amide bonds. The molecule has 0 aromatic heterocycles. The lowest BCUT2D eigenvalue weighted by Crippen LogP contribution is -2.39. The van der Waals surface area contributed by atoms with Gasteiger partial charge in [0.1, 0.15) is 0 Å². The van der Waals surface area contributed by atoms with Crippen LogP contribution in [0.2, 0.25) is 0 Å². The average Bonchev–Trinajstić information content (AvgIpc) is 2.12. The normalized spacial score (nSPS) is 13.8. The summed E-state index contributed by atoms with van der Waals surface area (Å²) in [6, 6.07) is 0. The van der Waals surface area contributed by atoms with Crippen LogP contribution in [-0.4, -0.2) is 55.1 Å². The molecule has 16 heavy (non-hydrogen) atoms. The van der Waals surface area contributed by atoms with Crippen molar-refractivity contribution in [3.8, 4) is 0 Å². The Morgan fingerprint density at radius 2 is 1.69 bits per heavy atom. The van der Waals surface area contributed by atoms with Crippen molar-refractivity contribution in [2.75, 3.05) is 40.3 Å². The number of nitrogens with zero attached hydrogens (tertiary/aromatic N) is 2. The highest BCUT2D eigenvalue weighted by Gasteiger charge is 2.13. The summed E-state index contributed by atoms with van der Waals surface area (Å²) < 4.78 is 0. The minimum atomic E-state index is 0.302. The van der Waals surface area contributed by atoms with Gasteiger partial charge < -0.3 is 15.5 Å². The second-order valence-corrected chi connectivity index (χ2v) is 5.73. The second kappa shape index (κ2) is 7.98. The predicted octanol–water partition coefficient (Wildman–Crippen LogP) is 1.43. The van der Waals surface area contributed by atoms with Gasteiger partial charge in [-0.05, 0) is 20.0 Å². The molecular weight excluding hydrogens is 218 g/mol. The van der Waals surface area contributed by atoms with Crippen molar-refractivity contribution in [2.24, 2.45) is 17.6 Å². The quantitative estimate of drug-likeness (QED) is 0.656. The summed E-state index contributed by atoms with van der Waals surface area (Å²) in [5, 5.41) is 0. The zero-order valence-electron chi connectivity index (χ0n) is 11.4. The van der Waals surface area contributed by atoms with Crippen LogP contribution in [0, 0.1) is 11.8 Å². The number of nitrogens with two attached hydrogens (primary N) is 1. The summed E-state index contributed by atoms with van der Waals surface area (Å²) >= 11 is 5.03. The topological polar surface area (TPSA) is 32.5 Å². The van der Waals surface area contributed by atoms with Gasteiger partial charge in [-0.1, -0.05) is 33.0 Å². The van der Waals surface area contributed by atoms with E-state index < -0.39 is 0 Å². The van der Waals surface area contributed by atoms with E-state index in [0.717, 1.165) is 26.2 Å². The van der Waals surface area contributed by atoms with Crippen molar-refractivity contribution in [3.63, 3.8) is 0 Å². The maximum Gasteiger partial charge on any atom is 0.0768 e. The standard InChI is InChI=1S/C12H27N3S/c1-10(2)8-15(7-6-14(4)5)9-11(3)12(13)16/h10-11H,6-9H2,1-5H3,(H2,13,16). The first-order valence-corrected chi connectivity index (χ1v) is 6.40. The number of likely N-dealkylation sites (N-methyl/N-ethyl adjacent to an activating group) is 1. The van der Waals surface area contributed by atoms with E-state index in [1.807, 2.05) is 0 Å². The van der Waals surface area contributed by atoms with Crippen molar-refractivity contribution in [1.29, 1.82) is 0 Å². The van der Waals surface area contributed by atoms with Crippen LogP contribution in [0.15, 0.2) is 0 Å². The van der Waals surface area contributed by atoms with Gasteiger partial charge in [0.2, 0.25) is 0 Å². The Bertz CT molecular complexity index is 204. The third-order valence-electron chi connectivity index (χ3n) is 2.50. The fraction of sp³-hybridized carbons (Fsp3) is 0.917. The van der Waals surface area contributed by atoms with E-state index >= 15 is 0 Å². The molecule has 3 nitrogen and oxygen atoms in total. The molecule has 0 rings (SSSR count). The minimum Gasteiger partial charge on any atom is -0.393 e. The molecule has 96 valence electrons. The summed E-state index contributed by atoms with van der Waals surface area (Å²) in [4.78, 5) is 5.28. The van der Waals surface area contributed by atoms with E-state index in [4.69, 9.17) is 18.0 Å². The molecule has 0 aromatic carbocycles. The van der Waals surface area contributed by atoms with Gasteiger partial charge in [-0.3, -0.25) is 0 Å². The molecule has 4 heteroatoms. The van der Waals surface area contributed by atoms with Crippen LogP contribution in [-0.2, 0) is 0 Å². The van der Waals surface area contributed by atoms with Gasteiger partial charge in [0.15, 0.2) is 0 Å². The zero-order valence-corrected chi connectivity index (χ0v) is 12.2. The number of rotatable bonds is 8. The maximum atomic E-state index is 5.67.